The quantitative estimate of drug-likeness (QED) is 0.427. The van der Waals surface area contributed by atoms with Gasteiger partial charge in [-0.3, -0.25) is 9.59 Å². The molecule has 19 heavy (non-hydrogen) atoms. The molecule has 0 amide bonds. The SMILES string of the molecule is CCCCOC(=O)CCC(=O)OCC(C)CCOC. The Labute approximate surface area is 115 Å². The van der Waals surface area contributed by atoms with E-state index < -0.39 is 0 Å². The maximum Gasteiger partial charge on any atom is 0.306 e. The van der Waals surface area contributed by atoms with Gasteiger partial charge in [-0.25, -0.2) is 0 Å². The fraction of sp³-hybridized carbons (Fsp3) is 0.857. The van der Waals surface area contributed by atoms with E-state index in [0.717, 1.165) is 19.3 Å². The average molecular weight is 274 g/mol. The average Bonchev–Trinajstić information content (AvgIpc) is 2.40. The van der Waals surface area contributed by atoms with Crippen molar-refractivity contribution < 1.29 is 23.8 Å². The predicted molar refractivity (Wildman–Crippen MR) is 71.7 cm³/mol. The van der Waals surface area contributed by atoms with Crippen molar-refractivity contribution in [1.29, 1.82) is 0 Å². The lowest BCUT2D eigenvalue weighted by molar-refractivity contribution is -0.151. The Morgan fingerprint density at radius 1 is 1.05 bits per heavy atom. The molecule has 0 bridgehead atoms. The van der Waals surface area contributed by atoms with Crippen molar-refractivity contribution in [3.63, 3.8) is 0 Å². The van der Waals surface area contributed by atoms with E-state index in [9.17, 15) is 9.59 Å². The first kappa shape index (κ1) is 17.9. The lowest BCUT2D eigenvalue weighted by Gasteiger charge is -2.11. The van der Waals surface area contributed by atoms with Crippen molar-refractivity contribution >= 4 is 11.9 Å². The van der Waals surface area contributed by atoms with Crippen molar-refractivity contribution in [1.82, 2.24) is 0 Å². The molecule has 0 saturated heterocycles. The molecule has 0 aromatic carbocycles. The largest absolute Gasteiger partial charge is 0.466 e. The summed E-state index contributed by atoms with van der Waals surface area (Å²) in [6, 6.07) is 0. The minimum atomic E-state index is -0.350. The Balaban J connectivity index is 3.55. The van der Waals surface area contributed by atoms with E-state index in [0.29, 0.717) is 19.8 Å². The summed E-state index contributed by atoms with van der Waals surface area (Å²) in [6.07, 6.45) is 2.86. The van der Waals surface area contributed by atoms with Crippen LogP contribution in [0.15, 0.2) is 0 Å². The number of ether oxygens (including phenoxy) is 3. The zero-order chi connectivity index (χ0) is 14.5. The Morgan fingerprint density at radius 3 is 2.26 bits per heavy atom. The second-order valence-corrected chi connectivity index (χ2v) is 4.64. The van der Waals surface area contributed by atoms with Crippen LogP contribution in [0.5, 0.6) is 0 Å². The molecule has 5 heteroatoms. The van der Waals surface area contributed by atoms with Crippen molar-refractivity contribution in [2.75, 3.05) is 26.9 Å². The molecule has 0 aliphatic heterocycles. The molecule has 0 rings (SSSR count). The zero-order valence-electron chi connectivity index (χ0n) is 12.3. The molecule has 0 aromatic heterocycles. The highest BCUT2D eigenvalue weighted by Gasteiger charge is 2.10. The molecule has 0 fully saturated rings. The van der Waals surface area contributed by atoms with E-state index in [1.54, 1.807) is 7.11 Å². The van der Waals surface area contributed by atoms with E-state index in [-0.39, 0.29) is 30.7 Å². The molecule has 0 radical (unpaired) electrons. The van der Waals surface area contributed by atoms with Gasteiger partial charge in [-0.05, 0) is 18.8 Å². The number of methoxy groups -OCH3 is 1. The summed E-state index contributed by atoms with van der Waals surface area (Å²) in [5.74, 6) is -0.421. The summed E-state index contributed by atoms with van der Waals surface area (Å²) in [4.78, 5) is 22.6. The molecule has 0 aliphatic carbocycles. The third kappa shape index (κ3) is 11.7. The van der Waals surface area contributed by atoms with Gasteiger partial charge in [0.25, 0.3) is 0 Å². The van der Waals surface area contributed by atoms with Crippen LogP contribution in [-0.4, -0.2) is 38.9 Å². The molecular formula is C14H26O5. The molecule has 0 aromatic rings. The minimum absolute atomic E-state index is 0.0853. The summed E-state index contributed by atoms with van der Waals surface area (Å²) in [5, 5.41) is 0. The third-order valence-corrected chi connectivity index (χ3v) is 2.64. The van der Waals surface area contributed by atoms with Crippen LogP contribution in [0.2, 0.25) is 0 Å². The van der Waals surface area contributed by atoms with Crippen LogP contribution in [-0.2, 0) is 23.8 Å². The second-order valence-electron chi connectivity index (χ2n) is 4.64. The van der Waals surface area contributed by atoms with Crippen LogP contribution >= 0.6 is 0 Å². The van der Waals surface area contributed by atoms with Crippen LogP contribution < -0.4 is 0 Å². The second kappa shape index (κ2) is 12.0. The van der Waals surface area contributed by atoms with E-state index in [2.05, 4.69) is 0 Å². The highest BCUT2D eigenvalue weighted by atomic mass is 16.5. The fourth-order valence-corrected chi connectivity index (χ4v) is 1.32. The molecule has 0 aliphatic rings. The molecule has 5 nitrogen and oxygen atoms in total. The van der Waals surface area contributed by atoms with E-state index >= 15 is 0 Å². The lowest BCUT2D eigenvalue weighted by Crippen LogP contribution is -2.15. The van der Waals surface area contributed by atoms with Crippen LogP contribution in [0.25, 0.3) is 0 Å². The molecule has 0 N–H and O–H groups in total. The van der Waals surface area contributed by atoms with Gasteiger partial charge in [-0.1, -0.05) is 20.3 Å². The van der Waals surface area contributed by atoms with Gasteiger partial charge in [-0.15, -0.1) is 0 Å². The van der Waals surface area contributed by atoms with Gasteiger partial charge in [0.1, 0.15) is 0 Å². The number of esters is 2. The molecule has 0 spiro atoms. The number of unbranched alkanes of at least 4 members (excludes halogenated alkanes) is 1. The maximum atomic E-state index is 11.4. The monoisotopic (exact) mass is 274 g/mol. The summed E-state index contributed by atoms with van der Waals surface area (Å²) >= 11 is 0. The summed E-state index contributed by atoms with van der Waals surface area (Å²) in [6.45, 7) is 5.47. The zero-order valence-corrected chi connectivity index (χ0v) is 12.3. The predicted octanol–water partition coefficient (Wildman–Crippen LogP) is 2.33. The smallest absolute Gasteiger partial charge is 0.306 e. The van der Waals surface area contributed by atoms with Gasteiger partial charge in [0, 0.05) is 13.7 Å². The van der Waals surface area contributed by atoms with E-state index in [4.69, 9.17) is 14.2 Å². The van der Waals surface area contributed by atoms with Crippen molar-refractivity contribution in [3.8, 4) is 0 Å². The Hall–Kier alpha value is -1.10. The van der Waals surface area contributed by atoms with Crippen molar-refractivity contribution in [2.24, 2.45) is 5.92 Å². The number of carbonyl (C=O) groups excluding carboxylic acids is 2. The minimum Gasteiger partial charge on any atom is -0.466 e. The van der Waals surface area contributed by atoms with Crippen LogP contribution in [0, 0.1) is 5.92 Å². The van der Waals surface area contributed by atoms with Gasteiger partial charge in [0.2, 0.25) is 0 Å². The van der Waals surface area contributed by atoms with Gasteiger partial charge in [0.05, 0.1) is 26.1 Å². The topological polar surface area (TPSA) is 61.8 Å². The Kier molecular flexibility index (Phi) is 11.3. The van der Waals surface area contributed by atoms with Crippen LogP contribution in [0.3, 0.4) is 0 Å². The summed E-state index contributed by atoms with van der Waals surface area (Å²) < 4.78 is 15.0. The first-order valence-corrected chi connectivity index (χ1v) is 6.90. The number of carbonyl (C=O) groups is 2. The summed E-state index contributed by atoms with van der Waals surface area (Å²) in [5.41, 5.74) is 0. The van der Waals surface area contributed by atoms with Gasteiger partial charge < -0.3 is 14.2 Å². The number of hydrogen-bond donors (Lipinski definition) is 0. The molecule has 0 heterocycles. The highest BCUT2D eigenvalue weighted by Crippen LogP contribution is 2.04. The molecule has 1 unspecified atom stereocenters. The van der Waals surface area contributed by atoms with E-state index in [1.165, 1.54) is 0 Å². The first-order chi connectivity index (χ1) is 9.10. The van der Waals surface area contributed by atoms with Crippen LogP contribution in [0.4, 0.5) is 0 Å². The van der Waals surface area contributed by atoms with Crippen LogP contribution in [0.1, 0.15) is 46.0 Å². The highest BCUT2D eigenvalue weighted by molar-refractivity contribution is 5.77. The molecule has 1 atom stereocenters. The number of rotatable bonds is 11. The summed E-state index contributed by atoms with van der Waals surface area (Å²) in [7, 11) is 1.64. The van der Waals surface area contributed by atoms with E-state index in [1.807, 2.05) is 13.8 Å². The third-order valence-electron chi connectivity index (χ3n) is 2.64. The van der Waals surface area contributed by atoms with Gasteiger partial charge in [-0.2, -0.15) is 0 Å². The first-order valence-electron chi connectivity index (χ1n) is 6.90. The molecule has 0 saturated carbocycles. The van der Waals surface area contributed by atoms with Crippen molar-refractivity contribution in [3.05, 3.63) is 0 Å². The molecular weight excluding hydrogens is 248 g/mol. The normalized spacial score (nSPS) is 11.9. The van der Waals surface area contributed by atoms with Gasteiger partial charge >= 0.3 is 11.9 Å². The van der Waals surface area contributed by atoms with Gasteiger partial charge in [0.15, 0.2) is 0 Å². The Bertz CT molecular complexity index is 252. The fourth-order valence-electron chi connectivity index (χ4n) is 1.32. The maximum absolute atomic E-state index is 11.4. The Morgan fingerprint density at radius 2 is 1.68 bits per heavy atom. The number of hydrogen-bond acceptors (Lipinski definition) is 5. The lowest BCUT2D eigenvalue weighted by atomic mass is 10.1. The molecule has 112 valence electrons. The van der Waals surface area contributed by atoms with Crippen molar-refractivity contribution in [2.45, 2.75) is 46.0 Å². The standard InChI is InChI=1S/C14H26O5/c1-4-5-9-18-13(15)6-7-14(16)19-11-12(2)8-10-17-3/h12H,4-11H2,1-3H3.